The SMILES string of the molecule is C#CCC(=C)c1c(OC)cc(C(=O)NC2CCCCC2C)cc1OC. The number of amides is 1. The number of rotatable bonds is 6. The zero-order valence-electron chi connectivity index (χ0n) is 15.4. The Morgan fingerprint density at radius 2 is 1.88 bits per heavy atom. The average Bonchev–Trinajstić information content (AvgIpc) is 2.62. The second-order valence-electron chi connectivity index (χ2n) is 6.58. The average molecular weight is 341 g/mol. The van der Waals surface area contributed by atoms with Crippen molar-refractivity contribution in [3.8, 4) is 23.8 Å². The molecule has 1 aliphatic rings. The first-order chi connectivity index (χ1) is 12.0. The largest absolute Gasteiger partial charge is 0.496 e. The van der Waals surface area contributed by atoms with E-state index in [1.165, 1.54) is 6.42 Å². The van der Waals surface area contributed by atoms with E-state index in [0.717, 1.165) is 24.8 Å². The van der Waals surface area contributed by atoms with Gasteiger partial charge in [0.1, 0.15) is 11.5 Å². The molecule has 1 amide bonds. The minimum absolute atomic E-state index is 0.107. The number of methoxy groups -OCH3 is 2. The highest BCUT2D eigenvalue weighted by Crippen LogP contribution is 2.37. The molecule has 1 N–H and O–H groups in total. The summed E-state index contributed by atoms with van der Waals surface area (Å²) in [6.07, 6.45) is 10.4. The van der Waals surface area contributed by atoms with Gasteiger partial charge in [-0.25, -0.2) is 0 Å². The molecule has 0 aromatic heterocycles. The van der Waals surface area contributed by atoms with Crippen molar-refractivity contribution >= 4 is 11.5 Å². The molecule has 1 fully saturated rings. The van der Waals surface area contributed by atoms with Gasteiger partial charge < -0.3 is 14.8 Å². The first-order valence-electron chi connectivity index (χ1n) is 8.70. The van der Waals surface area contributed by atoms with Crippen LogP contribution in [-0.4, -0.2) is 26.2 Å². The molecule has 1 aliphatic carbocycles. The smallest absolute Gasteiger partial charge is 0.251 e. The van der Waals surface area contributed by atoms with Gasteiger partial charge in [-0.3, -0.25) is 4.79 Å². The third-order valence-electron chi connectivity index (χ3n) is 4.86. The summed E-state index contributed by atoms with van der Waals surface area (Å²) < 4.78 is 10.9. The number of hydrogen-bond donors (Lipinski definition) is 1. The van der Waals surface area contributed by atoms with E-state index >= 15 is 0 Å². The molecule has 0 heterocycles. The Kier molecular flexibility index (Phi) is 6.52. The maximum atomic E-state index is 12.7. The number of carbonyl (C=O) groups is 1. The van der Waals surface area contributed by atoms with Gasteiger partial charge in [-0.2, -0.15) is 0 Å². The summed E-state index contributed by atoms with van der Waals surface area (Å²) in [6.45, 7) is 6.20. The van der Waals surface area contributed by atoms with Gasteiger partial charge in [0.2, 0.25) is 0 Å². The van der Waals surface area contributed by atoms with Crippen molar-refractivity contribution in [2.24, 2.45) is 5.92 Å². The normalized spacial score (nSPS) is 19.6. The fourth-order valence-electron chi connectivity index (χ4n) is 3.39. The van der Waals surface area contributed by atoms with Crippen LogP contribution in [0.2, 0.25) is 0 Å². The Morgan fingerprint density at radius 3 is 2.40 bits per heavy atom. The highest BCUT2D eigenvalue weighted by atomic mass is 16.5. The maximum absolute atomic E-state index is 12.7. The van der Waals surface area contributed by atoms with Gasteiger partial charge in [0.05, 0.1) is 19.8 Å². The van der Waals surface area contributed by atoms with E-state index < -0.39 is 0 Å². The Balaban J connectivity index is 2.30. The molecule has 2 unspecified atom stereocenters. The number of terminal acetylenes is 1. The molecule has 4 nitrogen and oxygen atoms in total. The molecule has 0 radical (unpaired) electrons. The Hall–Kier alpha value is -2.41. The Morgan fingerprint density at radius 1 is 1.28 bits per heavy atom. The lowest BCUT2D eigenvalue weighted by molar-refractivity contribution is 0.0909. The van der Waals surface area contributed by atoms with Crippen molar-refractivity contribution < 1.29 is 14.3 Å². The third-order valence-corrected chi connectivity index (χ3v) is 4.86. The quantitative estimate of drug-likeness (QED) is 0.794. The molecule has 25 heavy (non-hydrogen) atoms. The molecule has 0 bridgehead atoms. The summed E-state index contributed by atoms with van der Waals surface area (Å²) in [5.74, 6) is 4.05. The standard InChI is InChI=1S/C21H27NO3/c1-6-9-15(3)20-18(24-4)12-16(13-19(20)25-5)21(23)22-17-11-8-7-10-14(17)2/h1,12-14,17H,3,7-11H2,2,4-5H3,(H,22,23). The van der Waals surface area contributed by atoms with E-state index in [9.17, 15) is 4.79 Å². The first kappa shape index (κ1) is 18.9. The fourth-order valence-corrected chi connectivity index (χ4v) is 3.39. The van der Waals surface area contributed by atoms with Crippen molar-refractivity contribution in [3.05, 3.63) is 29.8 Å². The molecule has 1 aromatic rings. The van der Waals surface area contributed by atoms with Crippen LogP contribution >= 0.6 is 0 Å². The van der Waals surface area contributed by atoms with Crippen molar-refractivity contribution in [1.29, 1.82) is 0 Å². The molecule has 1 saturated carbocycles. The number of benzene rings is 1. The monoisotopic (exact) mass is 341 g/mol. The topological polar surface area (TPSA) is 47.6 Å². The van der Waals surface area contributed by atoms with Gasteiger partial charge >= 0.3 is 0 Å². The molecule has 2 rings (SSSR count). The summed E-state index contributed by atoms with van der Waals surface area (Å²) in [5, 5.41) is 3.16. The van der Waals surface area contributed by atoms with Crippen LogP contribution in [0.3, 0.4) is 0 Å². The molecular formula is C21H27NO3. The Labute approximate surface area is 150 Å². The van der Waals surface area contributed by atoms with Gasteiger partial charge in [0.25, 0.3) is 5.91 Å². The molecule has 0 aliphatic heterocycles. The zero-order valence-corrected chi connectivity index (χ0v) is 15.4. The fraction of sp³-hybridized carbons (Fsp3) is 0.476. The van der Waals surface area contributed by atoms with Crippen molar-refractivity contribution in [2.75, 3.05) is 14.2 Å². The number of hydrogen-bond acceptors (Lipinski definition) is 3. The second-order valence-corrected chi connectivity index (χ2v) is 6.58. The van der Waals surface area contributed by atoms with Crippen LogP contribution in [0.4, 0.5) is 0 Å². The first-order valence-corrected chi connectivity index (χ1v) is 8.70. The van der Waals surface area contributed by atoms with E-state index in [2.05, 4.69) is 24.7 Å². The van der Waals surface area contributed by atoms with Crippen LogP contribution in [0.25, 0.3) is 5.57 Å². The molecular weight excluding hydrogens is 314 g/mol. The van der Waals surface area contributed by atoms with Gasteiger partial charge in [0.15, 0.2) is 0 Å². The lowest BCUT2D eigenvalue weighted by atomic mass is 9.86. The zero-order chi connectivity index (χ0) is 18.4. The minimum Gasteiger partial charge on any atom is -0.496 e. The minimum atomic E-state index is -0.107. The van der Waals surface area contributed by atoms with Crippen molar-refractivity contribution in [1.82, 2.24) is 5.32 Å². The molecule has 2 atom stereocenters. The predicted molar refractivity (Wildman–Crippen MR) is 101 cm³/mol. The summed E-state index contributed by atoms with van der Waals surface area (Å²) in [6, 6.07) is 3.67. The van der Waals surface area contributed by atoms with Crippen LogP contribution in [0, 0.1) is 18.3 Å². The summed E-state index contributed by atoms with van der Waals surface area (Å²) in [4.78, 5) is 12.7. The predicted octanol–water partition coefficient (Wildman–Crippen LogP) is 4.05. The second kappa shape index (κ2) is 8.62. The van der Waals surface area contributed by atoms with Crippen molar-refractivity contribution in [3.63, 3.8) is 0 Å². The molecule has 0 saturated heterocycles. The lowest BCUT2D eigenvalue weighted by Gasteiger charge is -2.29. The van der Waals surface area contributed by atoms with Crippen LogP contribution in [0.1, 0.15) is 54.9 Å². The van der Waals surface area contributed by atoms with Gasteiger partial charge in [-0.05, 0) is 36.5 Å². The molecule has 1 aromatic carbocycles. The highest BCUT2D eigenvalue weighted by Gasteiger charge is 2.24. The number of ether oxygens (including phenoxy) is 2. The Bertz CT molecular complexity index is 662. The van der Waals surface area contributed by atoms with Crippen LogP contribution < -0.4 is 14.8 Å². The van der Waals surface area contributed by atoms with Gasteiger partial charge in [-0.1, -0.05) is 26.3 Å². The maximum Gasteiger partial charge on any atom is 0.251 e. The van der Waals surface area contributed by atoms with E-state index in [-0.39, 0.29) is 11.9 Å². The summed E-state index contributed by atoms with van der Waals surface area (Å²) in [5.41, 5.74) is 1.96. The van der Waals surface area contributed by atoms with Gasteiger partial charge in [-0.15, -0.1) is 12.3 Å². The van der Waals surface area contributed by atoms with E-state index in [0.29, 0.717) is 35.0 Å². The van der Waals surface area contributed by atoms with E-state index in [1.54, 1.807) is 26.4 Å². The van der Waals surface area contributed by atoms with E-state index in [1.807, 2.05) is 0 Å². The summed E-state index contributed by atoms with van der Waals surface area (Å²) >= 11 is 0. The van der Waals surface area contributed by atoms with Crippen molar-refractivity contribution in [2.45, 2.75) is 45.1 Å². The molecule has 0 spiro atoms. The number of allylic oxidation sites excluding steroid dienone is 1. The molecule has 4 heteroatoms. The van der Waals surface area contributed by atoms with E-state index in [4.69, 9.17) is 15.9 Å². The van der Waals surface area contributed by atoms with Crippen LogP contribution in [0.5, 0.6) is 11.5 Å². The third kappa shape index (κ3) is 4.36. The highest BCUT2D eigenvalue weighted by molar-refractivity contribution is 5.96. The number of carbonyl (C=O) groups excluding carboxylic acids is 1. The van der Waals surface area contributed by atoms with Gasteiger partial charge in [0, 0.05) is 18.0 Å². The van der Waals surface area contributed by atoms with Crippen LogP contribution in [0.15, 0.2) is 18.7 Å². The van der Waals surface area contributed by atoms with Crippen LogP contribution in [-0.2, 0) is 0 Å². The summed E-state index contributed by atoms with van der Waals surface area (Å²) in [7, 11) is 3.12. The number of nitrogens with one attached hydrogen (secondary N) is 1. The lowest BCUT2D eigenvalue weighted by Crippen LogP contribution is -2.41. The molecule has 134 valence electrons.